The summed E-state index contributed by atoms with van der Waals surface area (Å²) in [5.41, 5.74) is 1.83. The van der Waals surface area contributed by atoms with Gasteiger partial charge in [0.25, 0.3) is 0 Å². The smallest absolute Gasteiger partial charge is 0.161 e. The molecule has 0 saturated heterocycles. The van der Waals surface area contributed by atoms with Gasteiger partial charge in [-0.05, 0) is 36.9 Å². The number of hydrogen-bond donors (Lipinski definition) is 1. The first-order valence-electron chi connectivity index (χ1n) is 6.45. The molecule has 0 fully saturated rings. The van der Waals surface area contributed by atoms with Gasteiger partial charge in [0.1, 0.15) is 0 Å². The Kier molecular flexibility index (Phi) is 5.34. The predicted molar refractivity (Wildman–Crippen MR) is 86.9 cm³/mol. The number of rotatable bonds is 5. The maximum Gasteiger partial charge on any atom is 0.161 e. The van der Waals surface area contributed by atoms with E-state index in [4.69, 9.17) is 32.7 Å². The number of benzene rings is 2. The summed E-state index contributed by atoms with van der Waals surface area (Å²) in [7, 11) is 5.08. The lowest BCUT2D eigenvalue weighted by atomic mass is 9.98. The van der Waals surface area contributed by atoms with Gasteiger partial charge < -0.3 is 14.8 Å². The molecule has 2 aromatic rings. The number of ether oxygens (including phenoxy) is 2. The average molecular weight is 326 g/mol. The topological polar surface area (TPSA) is 30.5 Å². The minimum Gasteiger partial charge on any atom is -0.493 e. The molecule has 0 amide bonds. The molecular weight excluding hydrogens is 309 g/mol. The summed E-state index contributed by atoms with van der Waals surface area (Å²) >= 11 is 12.6. The summed E-state index contributed by atoms with van der Waals surface area (Å²) in [6, 6.07) is 11.1. The van der Waals surface area contributed by atoms with Gasteiger partial charge in [0, 0.05) is 15.6 Å². The van der Waals surface area contributed by atoms with E-state index in [0.717, 1.165) is 11.1 Å². The second kappa shape index (κ2) is 7.03. The standard InChI is InChI=1S/C16H17Cl2NO2/c1-19-16(15-11(17)5-4-6-12(15)18)10-7-8-13(20-2)14(9-10)21-3/h4-9,16,19H,1-3H3. The highest BCUT2D eigenvalue weighted by Gasteiger charge is 2.19. The first-order chi connectivity index (χ1) is 10.1. The second-order valence-electron chi connectivity index (χ2n) is 4.47. The average Bonchev–Trinajstić information content (AvgIpc) is 2.50. The van der Waals surface area contributed by atoms with Crippen molar-refractivity contribution in [3.8, 4) is 11.5 Å². The molecule has 21 heavy (non-hydrogen) atoms. The van der Waals surface area contributed by atoms with Crippen molar-refractivity contribution in [3.05, 3.63) is 57.6 Å². The lowest BCUT2D eigenvalue weighted by Gasteiger charge is -2.21. The van der Waals surface area contributed by atoms with Crippen LogP contribution in [0.15, 0.2) is 36.4 Å². The van der Waals surface area contributed by atoms with Crippen molar-refractivity contribution in [3.63, 3.8) is 0 Å². The van der Waals surface area contributed by atoms with E-state index in [0.29, 0.717) is 21.5 Å². The van der Waals surface area contributed by atoms with E-state index >= 15 is 0 Å². The molecule has 0 heterocycles. The number of hydrogen-bond acceptors (Lipinski definition) is 3. The highest BCUT2D eigenvalue weighted by molar-refractivity contribution is 6.36. The Balaban J connectivity index is 2.51. The van der Waals surface area contributed by atoms with Crippen LogP contribution >= 0.6 is 23.2 Å². The zero-order valence-corrected chi connectivity index (χ0v) is 13.6. The quantitative estimate of drug-likeness (QED) is 0.888. The second-order valence-corrected chi connectivity index (χ2v) is 5.29. The van der Waals surface area contributed by atoms with E-state index < -0.39 is 0 Å². The van der Waals surface area contributed by atoms with Gasteiger partial charge in [0.05, 0.1) is 20.3 Å². The van der Waals surface area contributed by atoms with Crippen LogP contribution in [0.25, 0.3) is 0 Å². The fourth-order valence-corrected chi connectivity index (χ4v) is 2.91. The first-order valence-corrected chi connectivity index (χ1v) is 7.21. The molecule has 0 aliphatic rings. The summed E-state index contributed by atoms with van der Waals surface area (Å²) in [6.45, 7) is 0. The molecule has 0 bridgehead atoms. The van der Waals surface area contributed by atoms with Crippen LogP contribution in [0.4, 0.5) is 0 Å². The zero-order chi connectivity index (χ0) is 15.4. The molecule has 2 aromatic carbocycles. The summed E-state index contributed by atoms with van der Waals surface area (Å²) < 4.78 is 10.6. The lowest BCUT2D eigenvalue weighted by molar-refractivity contribution is 0.354. The third-order valence-corrected chi connectivity index (χ3v) is 3.98. The van der Waals surface area contributed by atoms with Crippen LogP contribution in [0.1, 0.15) is 17.2 Å². The Hall–Kier alpha value is -1.42. The number of nitrogens with one attached hydrogen (secondary N) is 1. The van der Waals surface area contributed by atoms with Crippen molar-refractivity contribution in [1.82, 2.24) is 5.32 Å². The molecule has 3 nitrogen and oxygen atoms in total. The molecule has 0 aliphatic carbocycles. The van der Waals surface area contributed by atoms with Crippen molar-refractivity contribution in [2.24, 2.45) is 0 Å². The van der Waals surface area contributed by atoms with E-state index in [1.165, 1.54) is 0 Å². The van der Waals surface area contributed by atoms with Gasteiger partial charge in [-0.2, -0.15) is 0 Å². The summed E-state index contributed by atoms with van der Waals surface area (Å²) in [5, 5.41) is 4.48. The van der Waals surface area contributed by atoms with Crippen molar-refractivity contribution >= 4 is 23.2 Å². The molecule has 1 unspecified atom stereocenters. The Morgan fingerprint density at radius 2 is 1.57 bits per heavy atom. The van der Waals surface area contributed by atoms with Gasteiger partial charge in [0.15, 0.2) is 11.5 Å². The molecular formula is C16H17Cl2NO2. The maximum absolute atomic E-state index is 6.30. The zero-order valence-electron chi connectivity index (χ0n) is 12.1. The lowest BCUT2D eigenvalue weighted by Crippen LogP contribution is -2.18. The Labute approximate surface area is 134 Å². The number of halogens is 2. The fourth-order valence-electron chi connectivity index (χ4n) is 2.30. The minimum atomic E-state index is -0.133. The maximum atomic E-state index is 6.30. The van der Waals surface area contributed by atoms with Crippen molar-refractivity contribution in [1.29, 1.82) is 0 Å². The van der Waals surface area contributed by atoms with Gasteiger partial charge in [-0.1, -0.05) is 35.3 Å². The molecule has 0 aromatic heterocycles. The van der Waals surface area contributed by atoms with Gasteiger partial charge in [-0.3, -0.25) is 0 Å². The molecule has 5 heteroatoms. The van der Waals surface area contributed by atoms with E-state index in [1.807, 2.05) is 43.4 Å². The van der Waals surface area contributed by atoms with E-state index in [2.05, 4.69) is 5.32 Å². The molecule has 0 spiro atoms. The van der Waals surface area contributed by atoms with Crippen LogP contribution in [0.2, 0.25) is 10.0 Å². The molecule has 1 N–H and O–H groups in total. The number of methoxy groups -OCH3 is 2. The van der Waals surface area contributed by atoms with Crippen LogP contribution in [-0.4, -0.2) is 21.3 Å². The normalized spacial score (nSPS) is 12.0. The molecule has 0 aliphatic heterocycles. The predicted octanol–water partition coefficient (Wildman–Crippen LogP) is 4.32. The summed E-state index contributed by atoms with van der Waals surface area (Å²) in [5.74, 6) is 1.35. The van der Waals surface area contributed by atoms with E-state index in [-0.39, 0.29) is 6.04 Å². The van der Waals surface area contributed by atoms with E-state index in [9.17, 15) is 0 Å². The van der Waals surface area contributed by atoms with Gasteiger partial charge in [0.2, 0.25) is 0 Å². The molecule has 0 saturated carbocycles. The first kappa shape index (κ1) is 16.0. The van der Waals surface area contributed by atoms with Crippen LogP contribution in [0, 0.1) is 0 Å². The Bertz CT molecular complexity index is 611. The molecule has 2 rings (SSSR count). The van der Waals surface area contributed by atoms with Gasteiger partial charge >= 0.3 is 0 Å². The SMILES string of the molecule is CNC(c1ccc(OC)c(OC)c1)c1c(Cl)cccc1Cl. The van der Waals surface area contributed by atoms with Gasteiger partial charge in [-0.25, -0.2) is 0 Å². The summed E-state index contributed by atoms with van der Waals surface area (Å²) in [4.78, 5) is 0. The van der Waals surface area contributed by atoms with Crippen LogP contribution in [0.3, 0.4) is 0 Å². The Morgan fingerprint density at radius 1 is 0.952 bits per heavy atom. The van der Waals surface area contributed by atoms with Gasteiger partial charge in [-0.15, -0.1) is 0 Å². The highest BCUT2D eigenvalue weighted by Crippen LogP contribution is 2.37. The monoisotopic (exact) mass is 325 g/mol. The fraction of sp³-hybridized carbons (Fsp3) is 0.250. The van der Waals surface area contributed by atoms with Crippen molar-refractivity contribution < 1.29 is 9.47 Å². The van der Waals surface area contributed by atoms with Crippen LogP contribution in [0.5, 0.6) is 11.5 Å². The van der Waals surface area contributed by atoms with Crippen LogP contribution < -0.4 is 14.8 Å². The minimum absolute atomic E-state index is 0.133. The molecule has 112 valence electrons. The van der Waals surface area contributed by atoms with Crippen molar-refractivity contribution in [2.75, 3.05) is 21.3 Å². The molecule has 1 atom stereocenters. The van der Waals surface area contributed by atoms with Crippen LogP contribution in [-0.2, 0) is 0 Å². The largest absolute Gasteiger partial charge is 0.493 e. The van der Waals surface area contributed by atoms with Crippen molar-refractivity contribution in [2.45, 2.75) is 6.04 Å². The van der Waals surface area contributed by atoms with E-state index in [1.54, 1.807) is 14.2 Å². The Morgan fingerprint density at radius 3 is 2.10 bits per heavy atom. The highest BCUT2D eigenvalue weighted by atomic mass is 35.5. The summed E-state index contributed by atoms with van der Waals surface area (Å²) in [6.07, 6.45) is 0. The third-order valence-electron chi connectivity index (χ3n) is 3.32. The molecule has 0 radical (unpaired) electrons. The third kappa shape index (κ3) is 3.26.